The number of methoxy groups -OCH3 is 1. The van der Waals surface area contributed by atoms with Gasteiger partial charge in [-0.25, -0.2) is 4.98 Å². The minimum absolute atomic E-state index is 0.102. The lowest BCUT2D eigenvalue weighted by Crippen LogP contribution is -2.21. The topological polar surface area (TPSA) is 67.3 Å². The van der Waals surface area contributed by atoms with E-state index in [2.05, 4.69) is 26.8 Å². The first-order chi connectivity index (χ1) is 9.78. The summed E-state index contributed by atoms with van der Waals surface area (Å²) < 4.78 is 9.30. The van der Waals surface area contributed by atoms with Crippen LogP contribution in [0.15, 0.2) is 24.3 Å². The number of fused-ring (bicyclic) bond motifs is 1. The van der Waals surface area contributed by atoms with Crippen molar-refractivity contribution < 1.29 is 9.84 Å². The van der Waals surface area contributed by atoms with E-state index < -0.39 is 6.10 Å². The molecule has 106 valence electrons. The molecular formula is C14H17N3O2S. The third-order valence-electron chi connectivity index (χ3n) is 3.48. The van der Waals surface area contributed by atoms with Crippen molar-refractivity contribution in [1.82, 2.24) is 9.36 Å². The van der Waals surface area contributed by atoms with Gasteiger partial charge in [0.25, 0.3) is 0 Å². The maximum Gasteiger partial charge on any atom is 0.203 e. The van der Waals surface area contributed by atoms with Crippen LogP contribution in [-0.4, -0.2) is 34.3 Å². The molecule has 0 saturated heterocycles. The van der Waals surface area contributed by atoms with E-state index in [0.717, 1.165) is 16.5 Å². The van der Waals surface area contributed by atoms with Crippen LogP contribution in [0.5, 0.6) is 0 Å². The fourth-order valence-corrected chi connectivity index (χ4v) is 3.14. The molecule has 0 amide bonds. The van der Waals surface area contributed by atoms with E-state index in [9.17, 15) is 5.11 Å². The minimum atomic E-state index is -0.418. The Morgan fingerprint density at radius 1 is 1.45 bits per heavy atom. The minimum Gasteiger partial charge on any atom is -0.390 e. The molecule has 1 aliphatic carbocycles. The van der Waals surface area contributed by atoms with Gasteiger partial charge in [0.05, 0.1) is 18.8 Å². The fourth-order valence-electron chi connectivity index (χ4n) is 2.49. The van der Waals surface area contributed by atoms with E-state index >= 15 is 0 Å². The molecule has 6 heteroatoms. The van der Waals surface area contributed by atoms with Crippen LogP contribution in [-0.2, 0) is 17.6 Å². The van der Waals surface area contributed by atoms with Gasteiger partial charge in [-0.05, 0) is 11.1 Å². The number of ether oxygens (including phenoxy) is 1. The van der Waals surface area contributed by atoms with Crippen LogP contribution in [0.2, 0.25) is 0 Å². The monoisotopic (exact) mass is 291 g/mol. The summed E-state index contributed by atoms with van der Waals surface area (Å²) in [6, 6.07) is 8.01. The fraction of sp³-hybridized carbons (Fsp3) is 0.429. The summed E-state index contributed by atoms with van der Waals surface area (Å²) in [6.45, 7) is 0.616. The molecular weight excluding hydrogens is 274 g/mol. The first kappa shape index (κ1) is 13.5. The SMILES string of the molecule is COCCc1nsc(N[C@H]2c3ccccc3C[C@H]2O)n1. The second kappa shape index (κ2) is 5.87. The van der Waals surface area contributed by atoms with Gasteiger partial charge in [0.1, 0.15) is 5.82 Å². The zero-order chi connectivity index (χ0) is 13.9. The van der Waals surface area contributed by atoms with Crippen molar-refractivity contribution in [3.63, 3.8) is 0 Å². The van der Waals surface area contributed by atoms with E-state index in [1.165, 1.54) is 17.1 Å². The summed E-state index contributed by atoms with van der Waals surface area (Å²) in [7, 11) is 1.66. The van der Waals surface area contributed by atoms with Crippen molar-refractivity contribution >= 4 is 16.7 Å². The molecule has 2 N–H and O–H groups in total. The van der Waals surface area contributed by atoms with Gasteiger partial charge in [-0.3, -0.25) is 0 Å². The number of rotatable bonds is 5. The third-order valence-corrected chi connectivity index (χ3v) is 4.16. The molecule has 2 atom stereocenters. The highest BCUT2D eigenvalue weighted by Crippen LogP contribution is 2.34. The van der Waals surface area contributed by atoms with Crippen LogP contribution in [0.25, 0.3) is 0 Å². The Balaban J connectivity index is 1.73. The lowest BCUT2D eigenvalue weighted by Gasteiger charge is -2.16. The summed E-state index contributed by atoms with van der Waals surface area (Å²) in [5.74, 6) is 0.778. The van der Waals surface area contributed by atoms with E-state index in [4.69, 9.17) is 4.74 Å². The van der Waals surface area contributed by atoms with Crippen molar-refractivity contribution in [3.05, 3.63) is 41.2 Å². The first-order valence-corrected chi connectivity index (χ1v) is 7.39. The first-order valence-electron chi connectivity index (χ1n) is 6.62. The molecule has 1 heterocycles. The Labute approximate surface area is 121 Å². The zero-order valence-corrected chi connectivity index (χ0v) is 12.1. The number of aliphatic hydroxyl groups excluding tert-OH is 1. The van der Waals surface area contributed by atoms with Gasteiger partial charge in [0, 0.05) is 31.5 Å². The standard InChI is InChI=1S/C14H17N3O2S/c1-19-7-6-12-15-14(20-17-12)16-13-10-5-3-2-4-9(10)8-11(13)18/h2-5,11,13,18H,6-8H2,1H3,(H,15,16,17)/t11-,13+/m1/s1. The molecule has 1 aliphatic rings. The molecule has 0 fully saturated rings. The van der Waals surface area contributed by atoms with Crippen molar-refractivity contribution in [3.8, 4) is 0 Å². The number of benzene rings is 1. The van der Waals surface area contributed by atoms with Gasteiger partial charge in [-0.2, -0.15) is 4.37 Å². The van der Waals surface area contributed by atoms with E-state index in [1.807, 2.05) is 12.1 Å². The second-order valence-electron chi connectivity index (χ2n) is 4.85. The van der Waals surface area contributed by atoms with Crippen molar-refractivity contribution in [2.75, 3.05) is 19.0 Å². The van der Waals surface area contributed by atoms with E-state index in [-0.39, 0.29) is 6.04 Å². The number of anilines is 1. The van der Waals surface area contributed by atoms with E-state index in [1.54, 1.807) is 7.11 Å². The number of hydrogen-bond donors (Lipinski definition) is 2. The third kappa shape index (κ3) is 2.67. The lowest BCUT2D eigenvalue weighted by molar-refractivity contribution is 0.166. The molecule has 1 aromatic carbocycles. The second-order valence-corrected chi connectivity index (χ2v) is 5.60. The molecule has 0 spiro atoms. The average molecular weight is 291 g/mol. The van der Waals surface area contributed by atoms with Gasteiger partial charge in [-0.1, -0.05) is 24.3 Å². The number of nitrogens with one attached hydrogen (secondary N) is 1. The molecule has 5 nitrogen and oxygen atoms in total. The smallest absolute Gasteiger partial charge is 0.203 e. The van der Waals surface area contributed by atoms with Crippen molar-refractivity contribution in [2.45, 2.75) is 25.0 Å². The predicted octanol–water partition coefficient (Wildman–Crippen LogP) is 1.80. The van der Waals surface area contributed by atoms with Crippen LogP contribution in [0.1, 0.15) is 23.0 Å². The average Bonchev–Trinajstić information content (AvgIpc) is 3.02. The highest BCUT2D eigenvalue weighted by atomic mass is 32.1. The zero-order valence-electron chi connectivity index (χ0n) is 11.2. The molecule has 1 aromatic heterocycles. The van der Waals surface area contributed by atoms with Gasteiger partial charge in [-0.15, -0.1) is 0 Å². The molecule has 0 aliphatic heterocycles. The largest absolute Gasteiger partial charge is 0.390 e. The predicted molar refractivity (Wildman–Crippen MR) is 78.0 cm³/mol. The van der Waals surface area contributed by atoms with Crippen LogP contribution in [0.3, 0.4) is 0 Å². The quantitative estimate of drug-likeness (QED) is 0.879. The molecule has 0 bridgehead atoms. The van der Waals surface area contributed by atoms with Gasteiger partial charge in [0.2, 0.25) is 5.13 Å². The number of aromatic nitrogens is 2. The van der Waals surface area contributed by atoms with Crippen LogP contribution >= 0.6 is 11.5 Å². The highest BCUT2D eigenvalue weighted by molar-refractivity contribution is 7.09. The van der Waals surface area contributed by atoms with Gasteiger partial charge >= 0.3 is 0 Å². The summed E-state index contributed by atoms with van der Waals surface area (Å²) in [5, 5.41) is 14.2. The Morgan fingerprint density at radius 3 is 3.15 bits per heavy atom. The molecule has 2 aromatic rings. The van der Waals surface area contributed by atoms with Crippen molar-refractivity contribution in [2.24, 2.45) is 0 Å². The van der Waals surface area contributed by atoms with Crippen LogP contribution in [0.4, 0.5) is 5.13 Å². The highest BCUT2D eigenvalue weighted by Gasteiger charge is 2.31. The Morgan fingerprint density at radius 2 is 2.30 bits per heavy atom. The Hall–Kier alpha value is -1.50. The Kier molecular flexibility index (Phi) is 3.95. The van der Waals surface area contributed by atoms with Crippen LogP contribution in [0, 0.1) is 0 Å². The van der Waals surface area contributed by atoms with E-state index in [0.29, 0.717) is 19.4 Å². The van der Waals surface area contributed by atoms with Crippen LogP contribution < -0.4 is 5.32 Å². The molecule has 3 rings (SSSR count). The summed E-state index contributed by atoms with van der Waals surface area (Å²) in [4.78, 5) is 4.42. The summed E-state index contributed by atoms with van der Waals surface area (Å²) in [6.07, 6.45) is 0.973. The number of nitrogens with zero attached hydrogens (tertiary/aromatic N) is 2. The van der Waals surface area contributed by atoms with Gasteiger partial charge in [0.15, 0.2) is 0 Å². The molecule has 0 unspecified atom stereocenters. The maximum absolute atomic E-state index is 10.2. The Bertz CT molecular complexity index is 587. The van der Waals surface area contributed by atoms with Gasteiger partial charge < -0.3 is 15.2 Å². The number of aliphatic hydroxyl groups is 1. The number of hydrogen-bond acceptors (Lipinski definition) is 6. The molecule has 0 saturated carbocycles. The maximum atomic E-state index is 10.2. The summed E-state index contributed by atoms with van der Waals surface area (Å²) in [5.41, 5.74) is 2.34. The molecule has 20 heavy (non-hydrogen) atoms. The van der Waals surface area contributed by atoms with Crippen molar-refractivity contribution in [1.29, 1.82) is 0 Å². The summed E-state index contributed by atoms with van der Waals surface area (Å²) >= 11 is 1.32. The molecule has 0 radical (unpaired) electrons. The lowest BCUT2D eigenvalue weighted by atomic mass is 10.1. The normalized spacial score (nSPS) is 20.9.